The fourth-order valence-electron chi connectivity index (χ4n) is 2.77. The summed E-state index contributed by atoms with van der Waals surface area (Å²) in [4.78, 5) is 14.9. The molecule has 25 heavy (non-hydrogen) atoms. The van der Waals surface area contributed by atoms with Crippen molar-refractivity contribution in [1.82, 2.24) is 20.6 Å². The van der Waals surface area contributed by atoms with Gasteiger partial charge in [-0.2, -0.15) is 0 Å². The molecule has 2 aromatic rings. The minimum Gasteiger partial charge on any atom is -0.353 e. The van der Waals surface area contributed by atoms with Gasteiger partial charge >= 0.3 is 0 Å². The highest BCUT2D eigenvalue weighted by atomic mass is 35.5. The van der Waals surface area contributed by atoms with Gasteiger partial charge in [-0.25, -0.2) is 9.97 Å². The zero-order valence-electron chi connectivity index (χ0n) is 13.9. The SMILES string of the molecule is CN=C(NCc1ccc(Cl)nc1)NC1CCN(c2ncccc2Cl)C1. The Hall–Kier alpha value is -2.05. The third-order valence-electron chi connectivity index (χ3n) is 4.04. The predicted octanol–water partition coefficient (Wildman–Crippen LogP) is 2.73. The van der Waals surface area contributed by atoms with Gasteiger partial charge in [-0.1, -0.05) is 29.3 Å². The van der Waals surface area contributed by atoms with E-state index in [-0.39, 0.29) is 6.04 Å². The van der Waals surface area contributed by atoms with Crippen LogP contribution >= 0.6 is 23.2 Å². The third-order valence-corrected chi connectivity index (χ3v) is 4.56. The normalized spacial score (nSPS) is 17.6. The van der Waals surface area contributed by atoms with Crippen molar-refractivity contribution in [1.29, 1.82) is 0 Å². The topological polar surface area (TPSA) is 65.4 Å². The molecule has 0 saturated carbocycles. The number of hydrogen-bond acceptors (Lipinski definition) is 4. The highest BCUT2D eigenvalue weighted by Crippen LogP contribution is 2.25. The quantitative estimate of drug-likeness (QED) is 0.486. The maximum atomic E-state index is 6.24. The van der Waals surface area contributed by atoms with E-state index in [4.69, 9.17) is 23.2 Å². The summed E-state index contributed by atoms with van der Waals surface area (Å²) < 4.78 is 0. The Morgan fingerprint density at radius 3 is 2.92 bits per heavy atom. The number of halogens is 2. The van der Waals surface area contributed by atoms with E-state index in [9.17, 15) is 0 Å². The molecular formula is C17H20Cl2N6. The first-order valence-electron chi connectivity index (χ1n) is 8.09. The van der Waals surface area contributed by atoms with E-state index in [0.717, 1.165) is 36.9 Å². The largest absolute Gasteiger partial charge is 0.353 e. The Kier molecular flexibility index (Phi) is 5.94. The Morgan fingerprint density at radius 2 is 2.20 bits per heavy atom. The Labute approximate surface area is 157 Å². The fraction of sp³-hybridized carbons (Fsp3) is 0.353. The molecule has 8 heteroatoms. The lowest BCUT2D eigenvalue weighted by Crippen LogP contribution is -2.44. The summed E-state index contributed by atoms with van der Waals surface area (Å²) in [6.45, 7) is 2.37. The van der Waals surface area contributed by atoms with E-state index in [1.807, 2.05) is 18.2 Å². The van der Waals surface area contributed by atoms with E-state index in [0.29, 0.717) is 16.7 Å². The molecule has 132 valence electrons. The van der Waals surface area contributed by atoms with Gasteiger partial charge in [-0.05, 0) is 30.2 Å². The highest BCUT2D eigenvalue weighted by Gasteiger charge is 2.25. The lowest BCUT2D eigenvalue weighted by molar-refractivity contribution is 0.648. The van der Waals surface area contributed by atoms with E-state index in [1.165, 1.54) is 0 Å². The summed E-state index contributed by atoms with van der Waals surface area (Å²) in [5.74, 6) is 1.59. The average molecular weight is 379 g/mol. The number of guanidine groups is 1. The number of aliphatic imine (C=N–C) groups is 1. The molecule has 1 saturated heterocycles. The summed E-state index contributed by atoms with van der Waals surface area (Å²) in [5, 5.41) is 7.91. The van der Waals surface area contributed by atoms with Gasteiger partial charge in [-0.15, -0.1) is 0 Å². The molecule has 3 rings (SSSR count). The van der Waals surface area contributed by atoms with Crippen LogP contribution in [0.25, 0.3) is 0 Å². The number of hydrogen-bond donors (Lipinski definition) is 2. The molecule has 0 amide bonds. The third kappa shape index (κ3) is 4.74. The van der Waals surface area contributed by atoms with Gasteiger partial charge in [0.1, 0.15) is 11.0 Å². The van der Waals surface area contributed by atoms with Crippen LogP contribution in [0, 0.1) is 0 Å². The number of nitrogens with zero attached hydrogens (tertiary/aromatic N) is 4. The summed E-state index contributed by atoms with van der Waals surface area (Å²) in [6, 6.07) is 7.71. The average Bonchev–Trinajstić information content (AvgIpc) is 3.08. The van der Waals surface area contributed by atoms with Gasteiger partial charge in [0.15, 0.2) is 5.96 Å². The molecule has 1 atom stereocenters. The van der Waals surface area contributed by atoms with Gasteiger partial charge in [0.2, 0.25) is 0 Å². The van der Waals surface area contributed by atoms with Crippen LogP contribution in [0.1, 0.15) is 12.0 Å². The van der Waals surface area contributed by atoms with Crippen LogP contribution in [0.5, 0.6) is 0 Å². The minimum absolute atomic E-state index is 0.285. The number of rotatable bonds is 4. The highest BCUT2D eigenvalue weighted by molar-refractivity contribution is 6.32. The molecule has 6 nitrogen and oxygen atoms in total. The van der Waals surface area contributed by atoms with E-state index >= 15 is 0 Å². The lowest BCUT2D eigenvalue weighted by Gasteiger charge is -2.20. The monoisotopic (exact) mass is 378 g/mol. The van der Waals surface area contributed by atoms with Crippen LogP contribution in [0.15, 0.2) is 41.7 Å². The molecule has 0 bridgehead atoms. The molecule has 0 spiro atoms. The zero-order chi connectivity index (χ0) is 17.6. The van der Waals surface area contributed by atoms with Crippen LogP contribution < -0.4 is 15.5 Å². The van der Waals surface area contributed by atoms with Crippen molar-refractivity contribution >= 4 is 35.0 Å². The van der Waals surface area contributed by atoms with Crippen molar-refractivity contribution in [2.75, 3.05) is 25.0 Å². The molecule has 0 aromatic carbocycles. The van der Waals surface area contributed by atoms with Crippen molar-refractivity contribution < 1.29 is 0 Å². The second kappa shape index (κ2) is 8.36. The molecule has 3 heterocycles. The lowest BCUT2D eigenvalue weighted by atomic mass is 10.2. The fourth-order valence-corrected chi connectivity index (χ4v) is 3.12. The Morgan fingerprint density at radius 1 is 1.32 bits per heavy atom. The first-order chi connectivity index (χ1) is 12.2. The molecule has 0 aliphatic carbocycles. The van der Waals surface area contributed by atoms with Gasteiger partial charge in [0.05, 0.1) is 5.02 Å². The number of pyridine rings is 2. The van der Waals surface area contributed by atoms with E-state index in [2.05, 4.69) is 30.5 Å². The standard InChI is InChI=1S/C17H20Cl2N6/c1-20-17(23-10-12-4-5-15(19)22-9-12)24-13-6-8-25(11-13)16-14(18)3-2-7-21-16/h2-5,7,9,13H,6,8,10-11H2,1H3,(H2,20,23,24). The minimum atomic E-state index is 0.285. The predicted molar refractivity (Wildman–Crippen MR) is 102 cm³/mol. The molecule has 0 radical (unpaired) electrons. The molecule has 1 unspecified atom stereocenters. The maximum absolute atomic E-state index is 6.24. The van der Waals surface area contributed by atoms with Gasteiger partial charge in [0, 0.05) is 45.1 Å². The van der Waals surface area contributed by atoms with Crippen molar-refractivity contribution in [2.24, 2.45) is 4.99 Å². The summed E-state index contributed by atoms with van der Waals surface area (Å²) in [5.41, 5.74) is 1.04. The second-order valence-corrected chi connectivity index (χ2v) is 6.59. The summed E-state index contributed by atoms with van der Waals surface area (Å²) in [7, 11) is 1.76. The smallest absolute Gasteiger partial charge is 0.191 e. The Bertz CT molecular complexity index is 734. The van der Waals surface area contributed by atoms with Gasteiger partial charge < -0.3 is 15.5 Å². The molecular weight excluding hydrogens is 359 g/mol. The van der Waals surface area contributed by atoms with E-state index in [1.54, 1.807) is 25.5 Å². The second-order valence-electron chi connectivity index (χ2n) is 5.80. The van der Waals surface area contributed by atoms with Crippen LogP contribution in [0.4, 0.5) is 5.82 Å². The molecule has 2 N–H and O–H groups in total. The van der Waals surface area contributed by atoms with Crippen LogP contribution in [-0.2, 0) is 6.54 Å². The Balaban J connectivity index is 1.53. The molecule has 1 fully saturated rings. The van der Waals surface area contributed by atoms with Crippen molar-refractivity contribution in [3.63, 3.8) is 0 Å². The molecule has 1 aliphatic rings. The first kappa shape index (κ1) is 17.8. The van der Waals surface area contributed by atoms with Crippen LogP contribution in [0.3, 0.4) is 0 Å². The van der Waals surface area contributed by atoms with Crippen LogP contribution in [0.2, 0.25) is 10.2 Å². The van der Waals surface area contributed by atoms with Crippen LogP contribution in [-0.4, -0.2) is 42.1 Å². The first-order valence-corrected chi connectivity index (χ1v) is 8.84. The molecule has 1 aliphatic heterocycles. The number of aromatic nitrogens is 2. The number of anilines is 1. The zero-order valence-corrected chi connectivity index (χ0v) is 15.4. The van der Waals surface area contributed by atoms with Crippen molar-refractivity contribution in [3.05, 3.63) is 52.4 Å². The number of nitrogens with one attached hydrogen (secondary N) is 2. The van der Waals surface area contributed by atoms with Gasteiger partial charge in [0.25, 0.3) is 0 Å². The van der Waals surface area contributed by atoms with Gasteiger partial charge in [-0.3, -0.25) is 4.99 Å². The maximum Gasteiger partial charge on any atom is 0.191 e. The van der Waals surface area contributed by atoms with Crippen molar-refractivity contribution in [3.8, 4) is 0 Å². The molecule has 2 aromatic heterocycles. The summed E-state index contributed by atoms with van der Waals surface area (Å²) in [6.07, 6.45) is 4.52. The summed E-state index contributed by atoms with van der Waals surface area (Å²) >= 11 is 12.0. The van der Waals surface area contributed by atoms with E-state index < -0.39 is 0 Å². The van der Waals surface area contributed by atoms with Crippen molar-refractivity contribution in [2.45, 2.75) is 19.0 Å².